The molecule has 0 aromatic rings. The fraction of sp³-hybridized carbons (Fsp3) is 0.600. The van der Waals surface area contributed by atoms with Crippen molar-refractivity contribution in [3.05, 3.63) is 0 Å². The predicted molar refractivity (Wildman–Crippen MR) is 56.1 cm³/mol. The summed E-state index contributed by atoms with van der Waals surface area (Å²) in [5.41, 5.74) is 0. The van der Waals surface area contributed by atoms with Gasteiger partial charge in [-0.05, 0) is 0 Å². The van der Waals surface area contributed by atoms with Crippen LogP contribution < -0.4 is 0 Å². The molecule has 1 amide bonds. The SMILES string of the molecule is C#CCN(C(C)=O)C1C=NN(CC(F)(F)F)C1. The van der Waals surface area contributed by atoms with Gasteiger partial charge in [0.2, 0.25) is 5.91 Å². The zero-order valence-electron chi connectivity index (χ0n) is 9.24. The minimum Gasteiger partial charge on any atom is -0.322 e. The van der Waals surface area contributed by atoms with Gasteiger partial charge in [0.15, 0.2) is 0 Å². The van der Waals surface area contributed by atoms with Crippen molar-refractivity contribution in [2.75, 3.05) is 19.6 Å². The van der Waals surface area contributed by atoms with Crippen molar-refractivity contribution in [1.29, 1.82) is 0 Å². The first-order chi connectivity index (χ1) is 7.83. The lowest BCUT2D eigenvalue weighted by atomic mass is 10.2. The van der Waals surface area contributed by atoms with Crippen LogP contribution in [0.4, 0.5) is 13.2 Å². The number of amides is 1. The summed E-state index contributed by atoms with van der Waals surface area (Å²) in [5.74, 6) is 2.01. The van der Waals surface area contributed by atoms with Crippen LogP contribution in [0.2, 0.25) is 0 Å². The molecule has 0 N–H and O–H groups in total. The maximum Gasteiger partial charge on any atom is 0.407 e. The molecule has 0 fully saturated rings. The molecule has 0 spiro atoms. The number of hydrazone groups is 1. The van der Waals surface area contributed by atoms with Gasteiger partial charge in [0.05, 0.1) is 19.1 Å². The van der Waals surface area contributed by atoms with Crippen molar-refractivity contribution in [3.63, 3.8) is 0 Å². The Morgan fingerprint density at radius 3 is 2.82 bits per heavy atom. The van der Waals surface area contributed by atoms with Crippen molar-refractivity contribution in [1.82, 2.24) is 9.91 Å². The summed E-state index contributed by atoms with van der Waals surface area (Å²) >= 11 is 0. The number of rotatable bonds is 3. The van der Waals surface area contributed by atoms with Gasteiger partial charge in [-0.15, -0.1) is 6.42 Å². The number of hydrogen-bond donors (Lipinski definition) is 0. The van der Waals surface area contributed by atoms with Gasteiger partial charge in [-0.25, -0.2) is 0 Å². The van der Waals surface area contributed by atoms with Crippen LogP contribution in [-0.2, 0) is 4.79 Å². The molecule has 0 aliphatic carbocycles. The highest BCUT2D eigenvalue weighted by molar-refractivity contribution is 5.79. The number of terminal acetylenes is 1. The molecule has 1 aliphatic heterocycles. The first-order valence-electron chi connectivity index (χ1n) is 4.90. The first kappa shape index (κ1) is 13.4. The van der Waals surface area contributed by atoms with Gasteiger partial charge < -0.3 is 4.90 Å². The normalized spacial score (nSPS) is 19.2. The lowest BCUT2D eigenvalue weighted by Crippen LogP contribution is -2.43. The van der Waals surface area contributed by atoms with E-state index in [-0.39, 0.29) is 19.0 Å². The highest BCUT2D eigenvalue weighted by Gasteiger charge is 2.34. The smallest absolute Gasteiger partial charge is 0.322 e. The standard InChI is InChI=1S/C10H12F3N3O/c1-3-4-16(8(2)17)9-5-14-15(6-9)7-10(11,12)13/h1,5,9H,4,6-7H2,2H3. The van der Waals surface area contributed by atoms with Crippen molar-refractivity contribution in [3.8, 4) is 12.3 Å². The average Bonchev–Trinajstić information content (AvgIpc) is 2.59. The maximum atomic E-state index is 12.1. The highest BCUT2D eigenvalue weighted by atomic mass is 19.4. The lowest BCUT2D eigenvalue weighted by molar-refractivity contribution is -0.145. The molecule has 0 bridgehead atoms. The molecule has 1 heterocycles. The molecule has 0 radical (unpaired) electrons. The second kappa shape index (κ2) is 5.08. The Morgan fingerprint density at radius 1 is 1.71 bits per heavy atom. The number of nitrogens with zero attached hydrogens (tertiary/aromatic N) is 3. The van der Waals surface area contributed by atoms with Crippen molar-refractivity contribution < 1.29 is 18.0 Å². The van der Waals surface area contributed by atoms with Crippen LogP contribution in [0, 0.1) is 12.3 Å². The van der Waals surface area contributed by atoms with E-state index >= 15 is 0 Å². The van der Waals surface area contributed by atoms with Gasteiger partial charge in [-0.3, -0.25) is 9.80 Å². The van der Waals surface area contributed by atoms with E-state index in [2.05, 4.69) is 11.0 Å². The Labute approximate surface area is 97.1 Å². The summed E-state index contributed by atoms with van der Waals surface area (Å²) in [6, 6.07) is -0.495. The van der Waals surface area contributed by atoms with Gasteiger partial charge in [-0.1, -0.05) is 5.92 Å². The van der Waals surface area contributed by atoms with E-state index in [0.717, 1.165) is 5.01 Å². The van der Waals surface area contributed by atoms with Gasteiger partial charge in [0.1, 0.15) is 6.54 Å². The minimum absolute atomic E-state index is 0.0147. The molecule has 0 aromatic heterocycles. The number of carbonyl (C=O) groups excluding carboxylic acids is 1. The van der Waals surface area contributed by atoms with E-state index < -0.39 is 18.8 Å². The van der Waals surface area contributed by atoms with E-state index in [4.69, 9.17) is 6.42 Å². The van der Waals surface area contributed by atoms with Crippen LogP contribution in [0.3, 0.4) is 0 Å². The second-order valence-electron chi connectivity index (χ2n) is 3.65. The number of carbonyl (C=O) groups is 1. The lowest BCUT2D eigenvalue weighted by Gasteiger charge is -2.25. The zero-order valence-corrected chi connectivity index (χ0v) is 9.24. The summed E-state index contributed by atoms with van der Waals surface area (Å²) in [7, 11) is 0. The Kier molecular flexibility index (Phi) is 3.99. The fourth-order valence-electron chi connectivity index (χ4n) is 1.53. The molecule has 0 saturated heterocycles. The molecule has 7 heteroatoms. The third kappa shape index (κ3) is 3.98. The predicted octanol–water partition coefficient (Wildman–Crippen LogP) is 0.700. The molecule has 17 heavy (non-hydrogen) atoms. The monoisotopic (exact) mass is 247 g/mol. The Balaban J connectivity index is 2.58. The quantitative estimate of drug-likeness (QED) is 0.688. The molecule has 1 aliphatic rings. The van der Waals surface area contributed by atoms with Crippen LogP contribution in [-0.4, -0.2) is 53.9 Å². The molecule has 0 saturated carbocycles. The van der Waals surface area contributed by atoms with Crippen LogP contribution >= 0.6 is 0 Å². The number of alkyl halides is 3. The molecule has 1 rings (SSSR count). The maximum absolute atomic E-state index is 12.1. The van der Waals surface area contributed by atoms with Gasteiger partial charge in [0, 0.05) is 13.1 Å². The molecule has 4 nitrogen and oxygen atoms in total. The third-order valence-electron chi connectivity index (χ3n) is 2.23. The van der Waals surface area contributed by atoms with Crippen LogP contribution in [0.25, 0.3) is 0 Å². The molecule has 94 valence electrons. The van der Waals surface area contributed by atoms with E-state index in [1.807, 2.05) is 0 Å². The van der Waals surface area contributed by atoms with E-state index in [0.29, 0.717) is 0 Å². The summed E-state index contributed by atoms with van der Waals surface area (Å²) < 4.78 is 36.3. The van der Waals surface area contributed by atoms with Crippen molar-refractivity contribution in [2.45, 2.75) is 19.1 Å². The van der Waals surface area contributed by atoms with Gasteiger partial charge in [-0.2, -0.15) is 18.3 Å². The second-order valence-corrected chi connectivity index (χ2v) is 3.65. The van der Waals surface area contributed by atoms with E-state index in [1.165, 1.54) is 18.0 Å². The Morgan fingerprint density at radius 2 is 2.35 bits per heavy atom. The number of hydrogen-bond acceptors (Lipinski definition) is 3. The third-order valence-corrected chi connectivity index (χ3v) is 2.23. The summed E-state index contributed by atoms with van der Waals surface area (Å²) in [4.78, 5) is 12.5. The van der Waals surface area contributed by atoms with Crippen LogP contribution in [0.1, 0.15) is 6.92 Å². The van der Waals surface area contributed by atoms with Crippen LogP contribution in [0.15, 0.2) is 5.10 Å². The van der Waals surface area contributed by atoms with E-state index in [9.17, 15) is 18.0 Å². The zero-order chi connectivity index (χ0) is 13.1. The molecule has 1 unspecified atom stereocenters. The first-order valence-corrected chi connectivity index (χ1v) is 4.90. The summed E-state index contributed by atoms with van der Waals surface area (Å²) in [6.45, 7) is 0.270. The largest absolute Gasteiger partial charge is 0.407 e. The summed E-state index contributed by atoms with van der Waals surface area (Å²) in [6.07, 6.45) is 2.09. The molecular weight excluding hydrogens is 235 g/mol. The Bertz CT molecular complexity index is 359. The Hall–Kier alpha value is -1.71. The topological polar surface area (TPSA) is 35.9 Å². The molecule has 0 aromatic carbocycles. The van der Waals surface area contributed by atoms with Crippen molar-refractivity contribution in [2.24, 2.45) is 5.10 Å². The fourth-order valence-corrected chi connectivity index (χ4v) is 1.53. The number of halogens is 3. The minimum atomic E-state index is -4.31. The molecular formula is C10H12F3N3O. The van der Waals surface area contributed by atoms with Gasteiger partial charge in [0.25, 0.3) is 0 Å². The average molecular weight is 247 g/mol. The summed E-state index contributed by atoms with van der Waals surface area (Å²) in [5, 5.41) is 4.49. The van der Waals surface area contributed by atoms with Crippen molar-refractivity contribution >= 4 is 12.1 Å². The highest BCUT2D eigenvalue weighted by Crippen LogP contribution is 2.19. The van der Waals surface area contributed by atoms with Crippen LogP contribution in [0.5, 0.6) is 0 Å². The van der Waals surface area contributed by atoms with E-state index in [1.54, 1.807) is 0 Å². The van der Waals surface area contributed by atoms with Gasteiger partial charge >= 0.3 is 6.18 Å². The molecule has 1 atom stereocenters.